The monoisotopic (exact) mass is 396 g/mol. The van der Waals surface area contributed by atoms with Gasteiger partial charge >= 0.3 is 0 Å². The molecule has 0 fully saturated rings. The van der Waals surface area contributed by atoms with Gasteiger partial charge in [0.05, 0.1) is 13.0 Å². The van der Waals surface area contributed by atoms with Crippen molar-refractivity contribution in [3.05, 3.63) is 96.2 Å². The highest BCUT2D eigenvalue weighted by atomic mass is 16.2. The number of aromatic nitrogens is 3. The lowest BCUT2D eigenvalue weighted by molar-refractivity contribution is -0.118. The van der Waals surface area contributed by atoms with E-state index in [0.717, 1.165) is 22.0 Å². The molecule has 0 saturated heterocycles. The standard InChI is InChI=1S/C24H20N4O2/c1-17-6-4-9-22(27-17)28(23(30)15-21(29)24-25-12-5-13-26-24)16-18-10-11-19-7-2-3-8-20(19)14-18/h2-14H,15-16H2,1H3. The van der Waals surface area contributed by atoms with Gasteiger partial charge in [0.1, 0.15) is 5.82 Å². The maximum Gasteiger partial charge on any atom is 0.236 e. The molecular formula is C24H20N4O2. The van der Waals surface area contributed by atoms with Gasteiger partial charge in [-0.1, -0.05) is 42.5 Å². The molecule has 30 heavy (non-hydrogen) atoms. The van der Waals surface area contributed by atoms with Crippen LogP contribution in [0.5, 0.6) is 0 Å². The highest BCUT2D eigenvalue weighted by Gasteiger charge is 2.22. The fourth-order valence-corrected chi connectivity index (χ4v) is 3.25. The van der Waals surface area contributed by atoms with Crippen molar-refractivity contribution in [2.24, 2.45) is 0 Å². The Morgan fingerprint density at radius 3 is 2.40 bits per heavy atom. The van der Waals surface area contributed by atoms with Crippen molar-refractivity contribution < 1.29 is 9.59 Å². The number of hydrogen-bond acceptors (Lipinski definition) is 5. The van der Waals surface area contributed by atoms with E-state index < -0.39 is 5.78 Å². The van der Waals surface area contributed by atoms with Crippen LogP contribution in [0.15, 0.2) is 79.1 Å². The molecule has 0 aliphatic carbocycles. The van der Waals surface area contributed by atoms with Crippen molar-refractivity contribution in [2.75, 3.05) is 4.90 Å². The molecule has 2 heterocycles. The molecule has 148 valence electrons. The van der Waals surface area contributed by atoms with E-state index in [9.17, 15) is 9.59 Å². The molecule has 4 rings (SSSR count). The number of aryl methyl sites for hydroxylation is 1. The van der Waals surface area contributed by atoms with Crippen LogP contribution >= 0.6 is 0 Å². The molecule has 0 unspecified atom stereocenters. The van der Waals surface area contributed by atoms with Gasteiger partial charge in [0, 0.05) is 18.1 Å². The fourth-order valence-electron chi connectivity index (χ4n) is 3.25. The third kappa shape index (κ3) is 4.38. The van der Waals surface area contributed by atoms with Crippen LogP contribution in [-0.2, 0) is 11.3 Å². The molecule has 2 aromatic carbocycles. The number of benzene rings is 2. The molecule has 2 aromatic heterocycles. The fraction of sp³-hybridized carbons (Fsp3) is 0.125. The number of amides is 1. The first-order valence-corrected chi connectivity index (χ1v) is 9.62. The Kier molecular flexibility index (Phi) is 5.57. The number of carbonyl (C=O) groups excluding carboxylic acids is 2. The maximum absolute atomic E-state index is 13.1. The van der Waals surface area contributed by atoms with Crippen molar-refractivity contribution in [2.45, 2.75) is 19.9 Å². The minimum absolute atomic E-state index is 0.0358. The maximum atomic E-state index is 13.1. The van der Waals surface area contributed by atoms with E-state index >= 15 is 0 Å². The van der Waals surface area contributed by atoms with Crippen LogP contribution < -0.4 is 4.90 Å². The molecule has 0 bridgehead atoms. The van der Waals surface area contributed by atoms with E-state index in [1.54, 1.807) is 12.1 Å². The van der Waals surface area contributed by atoms with Crippen LogP contribution in [-0.4, -0.2) is 26.6 Å². The van der Waals surface area contributed by atoms with Crippen molar-refractivity contribution >= 4 is 28.3 Å². The van der Waals surface area contributed by atoms with Gasteiger partial charge in [-0.15, -0.1) is 0 Å². The smallest absolute Gasteiger partial charge is 0.236 e. The third-order valence-electron chi connectivity index (χ3n) is 4.73. The van der Waals surface area contributed by atoms with Gasteiger partial charge in [0.25, 0.3) is 0 Å². The van der Waals surface area contributed by atoms with Gasteiger partial charge in [-0.25, -0.2) is 15.0 Å². The number of hydrogen-bond donors (Lipinski definition) is 0. The topological polar surface area (TPSA) is 76.1 Å². The van der Waals surface area contributed by atoms with Gasteiger partial charge in [0.15, 0.2) is 5.82 Å². The number of anilines is 1. The Morgan fingerprint density at radius 2 is 1.63 bits per heavy atom. The van der Waals surface area contributed by atoms with Gasteiger partial charge in [0.2, 0.25) is 11.7 Å². The summed E-state index contributed by atoms with van der Waals surface area (Å²) in [7, 11) is 0. The molecule has 0 aliphatic heterocycles. The second-order valence-electron chi connectivity index (χ2n) is 6.97. The van der Waals surface area contributed by atoms with Crippen molar-refractivity contribution in [1.29, 1.82) is 0 Å². The summed E-state index contributed by atoms with van der Waals surface area (Å²) >= 11 is 0. The Morgan fingerprint density at radius 1 is 0.867 bits per heavy atom. The van der Waals surface area contributed by atoms with Crippen LogP contribution in [0.2, 0.25) is 0 Å². The summed E-state index contributed by atoms with van der Waals surface area (Å²) in [6.07, 6.45) is 2.65. The van der Waals surface area contributed by atoms with Crippen LogP contribution in [0.3, 0.4) is 0 Å². The third-order valence-corrected chi connectivity index (χ3v) is 4.73. The summed E-state index contributed by atoms with van der Waals surface area (Å²) in [6, 6.07) is 21.2. The van der Waals surface area contributed by atoms with E-state index in [4.69, 9.17) is 0 Å². The number of carbonyl (C=O) groups is 2. The number of fused-ring (bicyclic) bond motifs is 1. The zero-order valence-electron chi connectivity index (χ0n) is 16.5. The predicted molar refractivity (Wildman–Crippen MR) is 115 cm³/mol. The molecule has 0 radical (unpaired) electrons. The van der Waals surface area contributed by atoms with E-state index in [1.807, 2.05) is 61.5 Å². The molecule has 0 N–H and O–H groups in total. The molecule has 1 amide bonds. The summed E-state index contributed by atoms with van der Waals surface area (Å²) in [5.74, 6) is -0.223. The normalized spacial score (nSPS) is 10.7. The first kappa shape index (κ1) is 19.4. The zero-order chi connectivity index (χ0) is 20.9. The largest absolute Gasteiger partial charge is 0.292 e. The highest BCUT2D eigenvalue weighted by molar-refractivity contribution is 6.10. The van der Waals surface area contributed by atoms with Crippen LogP contribution in [0.4, 0.5) is 5.82 Å². The molecule has 0 aliphatic rings. The van der Waals surface area contributed by atoms with Gasteiger partial charge in [-0.2, -0.15) is 0 Å². The lowest BCUT2D eigenvalue weighted by Gasteiger charge is -2.22. The zero-order valence-corrected chi connectivity index (χ0v) is 16.5. The minimum Gasteiger partial charge on any atom is -0.292 e. The lowest BCUT2D eigenvalue weighted by Crippen LogP contribution is -2.33. The second kappa shape index (κ2) is 8.61. The summed E-state index contributed by atoms with van der Waals surface area (Å²) < 4.78 is 0. The van der Waals surface area contributed by atoms with Gasteiger partial charge in [-0.05, 0) is 47.5 Å². The van der Waals surface area contributed by atoms with Crippen molar-refractivity contribution in [3.8, 4) is 0 Å². The molecule has 0 saturated carbocycles. The van der Waals surface area contributed by atoms with Crippen LogP contribution in [0.25, 0.3) is 10.8 Å². The molecule has 0 spiro atoms. The minimum atomic E-state index is -0.420. The average Bonchev–Trinajstić information content (AvgIpc) is 2.78. The Labute approximate surface area is 174 Å². The molecule has 6 nitrogen and oxygen atoms in total. The number of pyridine rings is 1. The number of nitrogens with zero attached hydrogens (tertiary/aromatic N) is 4. The van der Waals surface area contributed by atoms with Gasteiger partial charge < -0.3 is 0 Å². The number of ketones is 1. The summed E-state index contributed by atoms with van der Waals surface area (Å²) in [4.78, 5) is 39.5. The van der Waals surface area contributed by atoms with Crippen LogP contribution in [0.1, 0.15) is 28.3 Å². The van der Waals surface area contributed by atoms with Gasteiger partial charge in [-0.3, -0.25) is 14.5 Å². The van der Waals surface area contributed by atoms with E-state index in [-0.39, 0.29) is 18.2 Å². The second-order valence-corrected chi connectivity index (χ2v) is 6.97. The van der Waals surface area contributed by atoms with Crippen LogP contribution in [0, 0.1) is 6.92 Å². The molecule has 6 heteroatoms. The van der Waals surface area contributed by atoms with Crippen molar-refractivity contribution in [1.82, 2.24) is 15.0 Å². The van der Waals surface area contributed by atoms with E-state index in [0.29, 0.717) is 12.4 Å². The Bertz CT molecular complexity index is 1210. The summed E-state index contributed by atoms with van der Waals surface area (Å²) in [5.41, 5.74) is 1.75. The Balaban J connectivity index is 1.63. The highest BCUT2D eigenvalue weighted by Crippen LogP contribution is 2.21. The first-order valence-electron chi connectivity index (χ1n) is 9.62. The van der Waals surface area contributed by atoms with Crippen molar-refractivity contribution in [3.63, 3.8) is 0 Å². The Hall–Kier alpha value is -3.93. The molecule has 0 atom stereocenters. The summed E-state index contributed by atoms with van der Waals surface area (Å²) in [6.45, 7) is 2.17. The van der Waals surface area contributed by atoms with E-state index in [2.05, 4.69) is 15.0 Å². The van der Waals surface area contributed by atoms with E-state index in [1.165, 1.54) is 17.3 Å². The predicted octanol–water partition coefficient (Wildman–Crippen LogP) is 4.14. The lowest BCUT2D eigenvalue weighted by atomic mass is 10.1. The first-order chi connectivity index (χ1) is 14.6. The number of Topliss-reactive ketones (excluding diaryl/α,β-unsaturated/α-hetero) is 1. The molecular weight excluding hydrogens is 376 g/mol. The molecule has 4 aromatic rings. The number of rotatable bonds is 6. The summed E-state index contributed by atoms with van der Waals surface area (Å²) in [5, 5.41) is 2.22. The quantitative estimate of drug-likeness (QED) is 0.362. The average molecular weight is 396 g/mol. The SMILES string of the molecule is Cc1cccc(N(Cc2ccc3ccccc3c2)C(=O)CC(=O)c2ncccn2)n1.